The molecule has 0 spiro atoms. The van der Waals surface area contributed by atoms with E-state index < -0.39 is 0 Å². The van der Waals surface area contributed by atoms with E-state index in [1.54, 1.807) is 11.3 Å². The Bertz CT molecular complexity index is 1170. The van der Waals surface area contributed by atoms with Gasteiger partial charge < -0.3 is 5.32 Å². The minimum Gasteiger partial charge on any atom is -0.316 e. The Morgan fingerprint density at radius 1 is 1.22 bits per heavy atom. The SMILES string of the molecule is C[C@H](Sc1nnc(C2CC2)n1-c1ccccc1)C(=O)Nc1sc2c(c1C#N)CCCCC2. The van der Waals surface area contributed by atoms with Crippen LogP contribution in [0.15, 0.2) is 35.5 Å². The molecule has 1 atom stereocenters. The topological polar surface area (TPSA) is 83.6 Å². The number of para-hydroxylation sites is 1. The number of nitriles is 1. The third kappa shape index (κ3) is 4.19. The fraction of sp³-hybridized carbons (Fsp3) is 0.417. The minimum atomic E-state index is -0.373. The van der Waals surface area contributed by atoms with Gasteiger partial charge in [-0.15, -0.1) is 21.5 Å². The number of aromatic nitrogens is 3. The fourth-order valence-electron chi connectivity index (χ4n) is 4.16. The van der Waals surface area contributed by atoms with Gasteiger partial charge >= 0.3 is 0 Å². The predicted octanol–water partition coefficient (Wildman–Crippen LogP) is 5.47. The smallest absolute Gasteiger partial charge is 0.238 e. The molecular weight excluding hydrogens is 438 g/mol. The molecule has 2 aromatic heterocycles. The van der Waals surface area contributed by atoms with Crippen molar-refractivity contribution in [3.05, 3.63) is 52.2 Å². The van der Waals surface area contributed by atoms with Crippen LogP contribution in [-0.2, 0) is 17.6 Å². The molecule has 1 aromatic carbocycles. The molecule has 5 rings (SSSR count). The third-order valence-electron chi connectivity index (χ3n) is 6.04. The number of fused-ring (bicyclic) bond motifs is 1. The first-order chi connectivity index (χ1) is 15.7. The number of amides is 1. The quantitative estimate of drug-likeness (QED) is 0.387. The lowest BCUT2D eigenvalue weighted by Gasteiger charge is -2.13. The lowest BCUT2D eigenvalue weighted by atomic mass is 10.1. The molecule has 0 saturated heterocycles. The van der Waals surface area contributed by atoms with Crippen LogP contribution in [0.3, 0.4) is 0 Å². The van der Waals surface area contributed by atoms with E-state index in [9.17, 15) is 10.1 Å². The van der Waals surface area contributed by atoms with Crippen molar-refractivity contribution < 1.29 is 4.79 Å². The van der Waals surface area contributed by atoms with Crippen molar-refractivity contribution >= 4 is 34.0 Å². The van der Waals surface area contributed by atoms with Gasteiger partial charge in [0.25, 0.3) is 0 Å². The number of thiophene rings is 1. The molecule has 8 heteroatoms. The number of anilines is 1. The normalized spacial score (nSPS) is 16.6. The number of thioether (sulfide) groups is 1. The van der Waals surface area contributed by atoms with Gasteiger partial charge in [-0.05, 0) is 63.1 Å². The number of aryl methyl sites for hydroxylation is 1. The summed E-state index contributed by atoms with van der Waals surface area (Å²) in [7, 11) is 0. The number of benzene rings is 1. The molecule has 1 N–H and O–H groups in total. The van der Waals surface area contributed by atoms with Gasteiger partial charge in [0.1, 0.15) is 16.9 Å². The molecule has 2 heterocycles. The number of carbonyl (C=O) groups excluding carboxylic acids is 1. The molecule has 2 aliphatic carbocycles. The first-order valence-electron chi connectivity index (χ1n) is 11.2. The lowest BCUT2D eigenvalue weighted by Crippen LogP contribution is -2.23. The van der Waals surface area contributed by atoms with Gasteiger partial charge in [0.2, 0.25) is 5.91 Å². The van der Waals surface area contributed by atoms with Crippen LogP contribution in [-0.4, -0.2) is 25.9 Å². The molecular formula is C24H25N5OS2. The van der Waals surface area contributed by atoms with E-state index in [-0.39, 0.29) is 11.2 Å². The Labute approximate surface area is 196 Å². The Balaban J connectivity index is 1.36. The minimum absolute atomic E-state index is 0.113. The second kappa shape index (κ2) is 9.08. The summed E-state index contributed by atoms with van der Waals surface area (Å²) in [6.07, 6.45) is 7.65. The van der Waals surface area contributed by atoms with E-state index in [4.69, 9.17) is 0 Å². The second-order valence-electron chi connectivity index (χ2n) is 8.42. The molecule has 6 nitrogen and oxygen atoms in total. The molecule has 32 heavy (non-hydrogen) atoms. The molecule has 1 saturated carbocycles. The van der Waals surface area contributed by atoms with Crippen LogP contribution in [0.5, 0.6) is 0 Å². The van der Waals surface area contributed by atoms with Crippen LogP contribution in [0.25, 0.3) is 5.69 Å². The Morgan fingerprint density at radius 3 is 2.75 bits per heavy atom. The van der Waals surface area contributed by atoms with Gasteiger partial charge in [-0.2, -0.15) is 5.26 Å². The van der Waals surface area contributed by atoms with Gasteiger partial charge in [-0.25, -0.2) is 0 Å². The van der Waals surface area contributed by atoms with Gasteiger partial charge in [0.05, 0.1) is 10.8 Å². The number of nitrogens with one attached hydrogen (secondary N) is 1. The molecule has 2 aliphatic rings. The Hall–Kier alpha value is -2.63. The molecule has 0 radical (unpaired) electrons. The number of hydrogen-bond donors (Lipinski definition) is 1. The fourth-order valence-corrected chi connectivity index (χ4v) is 6.27. The molecule has 0 bridgehead atoms. The summed E-state index contributed by atoms with van der Waals surface area (Å²) in [5.74, 6) is 1.31. The third-order valence-corrected chi connectivity index (χ3v) is 8.29. The van der Waals surface area contributed by atoms with Crippen molar-refractivity contribution in [2.45, 2.75) is 68.2 Å². The van der Waals surface area contributed by atoms with Crippen LogP contribution in [0, 0.1) is 11.3 Å². The molecule has 1 fully saturated rings. The number of carbonyl (C=O) groups is 1. The van der Waals surface area contributed by atoms with Crippen LogP contribution >= 0.6 is 23.1 Å². The monoisotopic (exact) mass is 463 g/mol. The van der Waals surface area contributed by atoms with E-state index in [1.807, 2.05) is 37.3 Å². The highest BCUT2D eigenvalue weighted by atomic mass is 32.2. The van der Waals surface area contributed by atoms with Gasteiger partial charge in [-0.3, -0.25) is 9.36 Å². The highest BCUT2D eigenvalue weighted by molar-refractivity contribution is 8.00. The summed E-state index contributed by atoms with van der Waals surface area (Å²) in [6, 6.07) is 12.4. The highest BCUT2D eigenvalue weighted by Gasteiger charge is 2.32. The van der Waals surface area contributed by atoms with Crippen LogP contribution in [0.4, 0.5) is 5.00 Å². The zero-order valence-electron chi connectivity index (χ0n) is 18.0. The maximum absolute atomic E-state index is 13.1. The van der Waals surface area contributed by atoms with E-state index in [0.717, 1.165) is 60.8 Å². The standard InChI is InChI=1S/C24H25N5OS2/c1-15(22(30)26-23-19(14-25)18-10-6-3-7-11-20(18)32-23)31-24-28-27-21(16-12-13-16)29(24)17-8-4-2-5-9-17/h2,4-5,8-9,15-16H,3,6-7,10-13H2,1H3,(H,26,30)/t15-/m0/s1. The van der Waals surface area contributed by atoms with Crippen LogP contribution < -0.4 is 5.32 Å². The van der Waals surface area contributed by atoms with E-state index in [2.05, 4.69) is 26.2 Å². The maximum atomic E-state index is 13.1. The molecule has 0 unspecified atom stereocenters. The van der Waals surface area contributed by atoms with Crippen molar-refractivity contribution in [2.24, 2.45) is 0 Å². The number of nitrogens with zero attached hydrogens (tertiary/aromatic N) is 4. The summed E-state index contributed by atoms with van der Waals surface area (Å²) in [5.41, 5.74) is 2.81. The second-order valence-corrected chi connectivity index (χ2v) is 10.8. The molecule has 164 valence electrons. The zero-order valence-corrected chi connectivity index (χ0v) is 19.6. The van der Waals surface area contributed by atoms with Crippen molar-refractivity contribution in [3.8, 4) is 11.8 Å². The first kappa shape index (κ1) is 21.2. The Kier molecular flexibility index (Phi) is 6.03. The summed E-state index contributed by atoms with van der Waals surface area (Å²) >= 11 is 2.98. The van der Waals surface area contributed by atoms with E-state index in [1.165, 1.54) is 23.1 Å². The van der Waals surface area contributed by atoms with Crippen LogP contribution in [0.1, 0.15) is 66.8 Å². The van der Waals surface area contributed by atoms with Crippen molar-refractivity contribution in [3.63, 3.8) is 0 Å². The highest BCUT2D eigenvalue weighted by Crippen LogP contribution is 2.42. The van der Waals surface area contributed by atoms with Gasteiger partial charge in [0.15, 0.2) is 5.16 Å². The van der Waals surface area contributed by atoms with Gasteiger partial charge in [-0.1, -0.05) is 36.4 Å². The van der Waals surface area contributed by atoms with E-state index >= 15 is 0 Å². The zero-order chi connectivity index (χ0) is 22.1. The lowest BCUT2D eigenvalue weighted by molar-refractivity contribution is -0.115. The summed E-state index contributed by atoms with van der Waals surface area (Å²) in [4.78, 5) is 14.3. The molecule has 3 aromatic rings. The maximum Gasteiger partial charge on any atom is 0.238 e. The number of rotatable bonds is 6. The summed E-state index contributed by atoms with van der Waals surface area (Å²) in [5, 5.41) is 22.7. The van der Waals surface area contributed by atoms with Crippen molar-refractivity contribution in [1.29, 1.82) is 5.26 Å². The Morgan fingerprint density at radius 2 is 2.00 bits per heavy atom. The summed E-state index contributed by atoms with van der Waals surface area (Å²) < 4.78 is 2.08. The average molecular weight is 464 g/mol. The number of hydrogen-bond acceptors (Lipinski definition) is 6. The van der Waals surface area contributed by atoms with E-state index in [0.29, 0.717) is 16.5 Å². The molecule has 1 amide bonds. The van der Waals surface area contributed by atoms with Crippen molar-refractivity contribution in [1.82, 2.24) is 14.8 Å². The predicted molar refractivity (Wildman–Crippen MR) is 128 cm³/mol. The van der Waals surface area contributed by atoms with Gasteiger partial charge in [0, 0.05) is 16.5 Å². The van der Waals surface area contributed by atoms with Crippen molar-refractivity contribution in [2.75, 3.05) is 5.32 Å². The van der Waals surface area contributed by atoms with Crippen LogP contribution in [0.2, 0.25) is 0 Å². The largest absolute Gasteiger partial charge is 0.316 e. The molecule has 0 aliphatic heterocycles. The first-order valence-corrected chi connectivity index (χ1v) is 12.9. The average Bonchev–Trinajstić information content (AvgIpc) is 3.54. The summed E-state index contributed by atoms with van der Waals surface area (Å²) in [6.45, 7) is 1.88.